The number of hydrogen-bond acceptors (Lipinski definition) is 3. The Morgan fingerprint density at radius 1 is 1.38 bits per heavy atom. The first kappa shape index (κ1) is 17.0. The van der Waals surface area contributed by atoms with Gasteiger partial charge in [-0.05, 0) is 56.1 Å². The molecule has 1 aromatic rings. The van der Waals surface area contributed by atoms with Gasteiger partial charge in [0.15, 0.2) is 0 Å². The maximum atomic E-state index is 6.29. The Balaban J connectivity index is 2.45. The van der Waals surface area contributed by atoms with Gasteiger partial charge in [0.1, 0.15) is 0 Å². The number of ether oxygens (including phenoxy) is 1. The van der Waals surface area contributed by atoms with E-state index in [-0.39, 0.29) is 11.6 Å². The van der Waals surface area contributed by atoms with Crippen LogP contribution in [0.4, 0.5) is 0 Å². The fraction of sp³-hybridized carbons (Fsp3) is 0.812. The van der Waals surface area contributed by atoms with E-state index in [1.54, 1.807) is 0 Å². The highest BCUT2D eigenvalue weighted by molar-refractivity contribution is 9.10. The molecule has 1 N–H and O–H groups in total. The average Bonchev–Trinajstić information content (AvgIpc) is 3.04. The van der Waals surface area contributed by atoms with Crippen molar-refractivity contribution in [2.75, 3.05) is 13.2 Å². The zero-order chi connectivity index (χ0) is 15.5. The monoisotopic (exact) mass is 357 g/mol. The molecule has 1 aromatic heterocycles. The van der Waals surface area contributed by atoms with Gasteiger partial charge in [0.25, 0.3) is 0 Å². The van der Waals surface area contributed by atoms with Crippen LogP contribution < -0.4 is 5.32 Å². The lowest BCUT2D eigenvalue weighted by Crippen LogP contribution is -2.45. The van der Waals surface area contributed by atoms with Crippen LogP contribution in [0.3, 0.4) is 0 Å². The number of nitrogens with one attached hydrogen (secondary N) is 1. The van der Waals surface area contributed by atoms with Gasteiger partial charge in [0, 0.05) is 12.6 Å². The molecule has 0 aromatic carbocycles. The van der Waals surface area contributed by atoms with Gasteiger partial charge in [-0.3, -0.25) is 4.68 Å². The molecular weight excluding hydrogens is 330 g/mol. The summed E-state index contributed by atoms with van der Waals surface area (Å²) in [6.45, 7) is 10.3. The Labute approximate surface area is 136 Å². The summed E-state index contributed by atoms with van der Waals surface area (Å²) in [5.41, 5.74) is 1.13. The van der Waals surface area contributed by atoms with Crippen molar-refractivity contribution in [3.63, 3.8) is 0 Å². The molecule has 0 radical (unpaired) electrons. The van der Waals surface area contributed by atoms with Crippen LogP contribution in [0.2, 0.25) is 0 Å². The predicted octanol–water partition coefficient (Wildman–Crippen LogP) is 4.23. The Hall–Kier alpha value is -0.390. The van der Waals surface area contributed by atoms with Crippen molar-refractivity contribution in [2.24, 2.45) is 0 Å². The fourth-order valence-electron chi connectivity index (χ4n) is 3.55. The molecule has 0 spiro atoms. The standard InChI is InChI=1S/C16H28BrN3O/c1-5-18-15(16(21-6-2)9-7-8-10-16)14-13(17)11-19-20(14)12(3)4/h11-12,15,18H,5-10H2,1-4H3. The second-order valence-electron chi connectivity index (χ2n) is 6.11. The number of halogens is 1. The SMILES string of the molecule is CCNC(c1c(Br)cnn1C(C)C)C1(OCC)CCCC1. The third kappa shape index (κ3) is 3.35. The van der Waals surface area contributed by atoms with Crippen LogP contribution >= 0.6 is 15.9 Å². The Bertz CT molecular complexity index is 452. The van der Waals surface area contributed by atoms with Crippen molar-refractivity contribution >= 4 is 15.9 Å². The second-order valence-corrected chi connectivity index (χ2v) is 6.97. The van der Waals surface area contributed by atoms with Gasteiger partial charge in [0.05, 0.1) is 28.0 Å². The highest BCUT2D eigenvalue weighted by Crippen LogP contribution is 2.45. The van der Waals surface area contributed by atoms with E-state index < -0.39 is 0 Å². The van der Waals surface area contributed by atoms with Crippen LogP contribution in [0.1, 0.15) is 71.2 Å². The zero-order valence-electron chi connectivity index (χ0n) is 13.7. The number of likely N-dealkylation sites (N-methyl/N-ethyl adjacent to an activating group) is 1. The summed E-state index contributed by atoms with van der Waals surface area (Å²) < 4.78 is 9.49. The minimum atomic E-state index is -0.0973. The van der Waals surface area contributed by atoms with Gasteiger partial charge in [-0.1, -0.05) is 19.8 Å². The van der Waals surface area contributed by atoms with Crippen LogP contribution in [0.5, 0.6) is 0 Å². The first-order chi connectivity index (χ1) is 10.1. The largest absolute Gasteiger partial charge is 0.373 e. The lowest BCUT2D eigenvalue weighted by atomic mass is 9.89. The quantitative estimate of drug-likeness (QED) is 0.793. The summed E-state index contributed by atoms with van der Waals surface area (Å²) in [5, 5.41) is 8.23. The van der Waals surface area contributed by atoms with Gasteiger partial charge in [-0.25, -0.2) is 0 Å². The second kappa shape index (κ2) is 7.25. The van der Waals surface area contributed by atoms with Gasteiger partial charge in [-0.15, -0.1) is 0 Å². The molecule has 0 saturated heterocycles. The van der Waals surface area contributed by atoms with Gasteiger partial charge in [-0.2, -0.15) is 5.10 Å². The van der Waals surface area contributed by atoms with Gasteiger partial charge >= 0.3 is 0 Å². The van der Waals surface area contributed by atoms with Crippen molar-refractivity contribution < 1.29 is 4.74 Å². The summed E-state index contributed by atoms with van der Waals surface area (Å²) in [6, 6.07) is 0.525. The van der Waals surface area contributed by atoms with E-state index in [0.717, 1.165) is 30.5 Å². The molecule has 1 unspecified atom stereocenters. The molecule has 1 heterocycles. The molecule has 2 rings (SSSR count). The molecule has 4 nitrogen and oxygen atoms in total. The Kier molecular flexibility index (Phi) is 5.86. The summed E-state index contributed by atoms with van der Waals surface area (Å²) in [6.07, 6.45) is 6.64. The maximum absolute atomic E-state index is 6.29. The topological polar surface area (TPSA) is 39.1 Å². The van der Waals surface area contributed by atoms with Crippen molar-refractivity contribution in [1.82, 2.24) is 15.1 Å². The third-order valence-corrected chi connectivity index (χ3v) is 4.98. The molecule has 21 heavy (non-hydrogen) atoms. The zero-order valence-corrected chi connectivity index (χ0v) is 15.2. The lowest BCUT2D eigenvalue weighted by molar-refractivity contribution is -0.0645. The van der Waals surface area contributed by atoms with E-state index >= 15 is 0 Å². The molecular formula is C16H28BrN3O. The molecule has 0 amide bonds. The van der Waals surface area contributed by atoms with Crippen molar-refractivity contribution in [3.05, 3.63) is 16.4 Å². The molecule has 0 bridgehead atoms. The van der Waals surface area contributed by atoms with Crippen LogP contribution in [-0.4, -0.2) is 28.5 Å². The Morgan fingerprint density at radius 3 is 2.57 bits per heavy atom. The van der Waals surface area contributed by atoms with E-state index in [4.69, 9.17) is 4.74 Å². The minimum Gasteiger partial charge on any atom is -0.373 e. The van der Waals surface area contributed by atoms with E-state index in [1.165, 1.54) is 18.5 Å². The molecule has 0 aliphatic heterocycles. The number of rotatable bonds is 7. The van der Waals surface area contributed by atoms with Crippen LogP contribution in [-0.2, 0) is 4.74 Å². The number of aromatic nitrogens is 2. The van der Waals surface area contributed by atoms with Crippen LogP contribution in [0, 0.1) is 0 Å². The molecule has 1 aliphatic rings. The van der Waals surface area contributed by atoms with Crippen molar-refractivity contribution in [2.45, 2.75) is 71.1 Å². The van der Waals surface area contributed by atoms with E-state index in [1.807, 2.05) is 6.20 Å². The van der Waals surface area contributed by atoms with E-state index in [9.17, 15) is 0 Å². The molecule has 5 heteroatoms. The summed E-state index contributed by atoms with van der Waals surface area (Å²) in [7, 11) is 0. The number of nitrogens with zero attached hydrogens (tertiary/aromatic N) is 2. The molecule has 1 atom stereocenters. The minimum absolute atomic E-state index is 0.0973. The maximum Gasteiger partial charge on any atom is 0.0891 e. The van der Waals surface area contributed by atoms with Crippen LogP contribution in [0.25, 0.3) is 0 Å². The van der Waals surface area contributed by atoms with Gasteiger partial charge in [0.2, 0.25) is 0 Å². The lowest BCUT2D eigenvalue weighted by Gasteiger charge is -2.38. The predicted molar refractivity (Wildman–Crippen MR) is 89.6 cm³/mol. The van der Waals surface area contributed by atoms with E-state index in [0.29, 0.717) is 6.04 Å². The fourth-order valence-corrected chi connectivity index (χ4v) is 4.05. The summed E-state index contributed by atoms with van der Waals surface area (Å²) >= 11 is 3.70. The van der Waals surface area contributed by atoms with E-state index in [2.05, 4.69) is 58.7 Å². The molecule has 1 saturated carbocycles. The molecule has 1 aliphatic carbocycles. The smallest absolute Gasteiger partial charge is 0.0891 e. The Morgan fingerprint density at radius 2 is 2.05 bits per heavy atom. The normalized spacial score (nSPS) is 19.3. The highest BCUT2D eigenvalue weighted by atomic mass is 79.9. The first-order valence-electron chi connectivity index (χ1n) is 8.16. The highest BCUT2D eigenvalue weighted by Gasteiger charge is 2.45. The van der Waals surface area contributed by atoms with Gasteiger partial charge < -0.3 is 10.1 Å². The van der Waals surface area contributed by atoms with Crippen molar-refractivity contribution in [3.8, 4) is 0 Å². The first-order valence-corrected chi connectivity index (χ1v) is 8.95. The number of hydrogen-bond donors (Lipinski definition) is 1. The molecule has 120 valence electrons. The summed E-state index contributed by atoms with van der Waals surface area (Å²) in [5.74, 6) is 0. The summed E-state index contributed by atoms with van der Waals surface area (Å²) in [4.78, 5) is 0. The van der Waals surface area contributed by atoms with Crippen LogP contribution in [0.15, 0.2) is 10.7 Å². The molecule has 1 fully saturated rings. The third-order valence-electron chi connectivity index (χ3n) is 4.37. The van der Waals surface area contributed by atoms with Crippen molar-refractivity contribution in [1.29, 1.82) is 0 Å². The average molecular weight is 358 g/mol.